The number of hydrogen-bond donors (Lipinski definition) is 1. The highest BCUT2D eigenvalue weighted by molar-refractivity contribution is 5.79. The summed E-state index contributed by atoms with van der Waals surface area (Å²) >= 11 is 0. The summed E-state index contributed by atoms with van der Waals surface area (Å²) in [6, 6.07) is 5.04. The van der Waals surface area contributed by atoms with E-state index >= 15 is 0 Å². The molecule has 164 valence electrons. The van der Waals surface area contributed by atoms with Crippen LogP contribution < -0.4 is 4.74 Å². The molecule has 1 amide bonds. The topological polar surface area (TPSA) is 81.8 Å². The Labute approximate surface area is 177 Å². The number of aliphatic hydroxyl groups is 1. The number of aliphatic hydroxyl groups excluding tert-OH is 1. The minimum Gasteiger partial charge on any atom is -0.485 e. The first-order valence-corrected chi connectivity index (χ1v) is 10.4. The van der Waals surface area contributed by atoms with Crippen molar-refractivity contribution in [2.45, 2.75) is 44.4 Å². The zero-order valence-corrected chi connectivity index (χ0v) is 17.6. The van der Waals surface area contributed by atoms with Crippen LogP contribution in [0, 0.1) is 6.57 Å². The smallest absolute Gasteiger partial charge is 0.223 e. The van der Waals surface area contributed by atoms with E-state index in [0.29, 0.717) is 57.4 Å². The summed E-state index contributed by atoms with van der Waals surface area (Å²) < 4.78 is 23.2. The minimum absolute atomic E-state index is 0.00678. The average Bonchev–Trinajstić information content (AvgIpc) is 3.14. The molecule has 2 atom stereocenters. The lowest BCUT2D eigenvalue weighted by Gasteiger charge is -2.47. The van der Waals surface area contributed by atoms with Crippen molar-refractivity contribution in [2.24, 2.45) is 0 Å². The number of amides is 1. The molecule has 0 unspecified atom stereocenters. The third-order valence-electron chi connectivity index (χ3n) is 5.36. The van der Waals surface area contributed by atoms with Gasteiger partial charge in [0.15, 0.2) is 5.69 Å². The Hall–Kier alpha value is -2.18. The van der Waals surface area contributed by atoms with E-state index in [2.05, 4.69) is 4.85 Å². The van der Waals surface area contributed by atoms with Gasteiger partial charge >= 0.3 is 0 Å². The van der Waals surface area contributed by atoms with Crippen molar-refractivity contribution in [1.82, 2.24) is 4.90 Å². The standard InChI is InChI=1S/C22H30N2O6/c1-22(2)21(29-14-13-28-12-11-27-10-9-25)20(24-8-4-5-19(24)26)17-15-16(23-3)6-7-18(17)30-22/h6-7,15,20-21,25H,4-5,8-14H2,1-2H3/t20-,21+/m1/s1. The monoisotopic (exact) mass is 418 g/mol. The van der Waals surface area contributed by atoms with Crippen molar-refractivity contribution in [1.29, 1.82) is 0 Å². The first-order valence-electron chi connectivity index (χ1n) is 10.4. The van der Waals surface area contributed by atoms with Gasteiger partial charge in [-0.05, 0) is 32.4 Å². The van der Waals surface area contributed by atoms with Gasteiger partial charge in [-0.3, -0.25) is 4.79 Å². The van der Waals surface area contributed by atoms with Crippen molar-refractivity contribution in [3.8, 4) is 5.75 Å². The van der Waals surface area contributed by atoms with Crippen molar-refractivity contribution < 1.29 is 28.8 Å². The van der Waals surface area contributed by atoms with Crippen LogP contribution in [0.5, 0.6) is 5.75 Å². The molecule has 0 saturated carbocycles. The van der Waals surface area contributed by atoms with Gasteiger partial charge in [0.25, 0.3) is 0 Å². The summed E-state index contributed by atoms with van der Waals surface area (Å²) in [5.41, 5.74) is 0.671. The van der Waals surface area contributed by atoms with Crippen LogP contribution in [-0.2, 0) is 19.0 Å². The maximum absolute atomic E-state index is 12.6. The molecule has 2 aliphatic heterocycles. The van der Waals surface area contributed by atoms with Crippen LogP contribution in [0.4, 0.5) is 5.69 Å². The van der Waals surface area contributed by atoms with Crippen LogP contribution in [0.25, 0.3) is 4.85 Å². The Morgan fingerprint density at radius 1 is 1.23 bits per heavy atom. The summed E-state index contributed by atoms with van der Waals surface area (Å²) in [5, 5.41) is 8.69. The van der Waals surface area contributed by atoms with Gasteiger partial charge in [-0.2, -0.15) is 0 Å². The van der Waals surface area contributed by atoms with E-state index in [1.165, 1.54) is 0 Å². The quantitative estimate of drug-likeness (QED) is 0.464. The van der Waals surface area contributed by atoms with Crippen LogP contribution in [0.2, 0.25) is 0 Å². The highest BCUT2D eigenvalue weighted by Gasteiger charge is 2.49. The molecule has 1 saturated heterocycles. The Balaban J connectivity index is 1.74. The summed E-state index contributed by atoms with van der Waals surface area (Å²) in [4.78, 5) is 18.0. The molecule has 0 aliphatic carbocycles. The molecule has 2 heterocycles. The molecule has 8 heteroatoms. The van der Waals surface area contributed by atoms with Gasteiger partial charge in [-0.1, -0.05) is 6.07 Å². The molecule has 1 fully saturated rings. The highest BCUT2D eigenvalue weighted by Crippen LogP contribution is 2.46. The summed E-state index contributed by atoms with van der Waals surface area (Å²) in [7, 11) is 0. The number of nitrogens with zero attached hydrogens (tertiary/aromatic N) is 2. The number of fused-ring (bicyclic) bond motifs is 1. The molecule has 1 aromatic carbocycles. The highest BCUT2D eigenvalue weighted by atomic mass is 16.6. The largest absolute Gasteiger partial charge is 0.485 e. The SMILES string of the molecule is [C-]#[N+]c1ccc2c(c1)[C@@H](N1CCCC1=O)[C@H](OCCOCCOCCO)C(C)(C)O2. The summed E-state index contributed by atoms with van der Waals surface area (Å²) in [5.74, 6) is 0.789. The Bertz CT molecular complexity index is 775. The third kappa shape index (κ3) is 5.10. The van der Waals surface area contributed by atoms with E-state index in [0.717, 1.165) is 12.0 Å². The molecule has 1 aromatic rings. The van der Waals surface area contributed by atoms with Gasteiger partial charge in [0.1, 0.15) is 17.5 Å². The zero-order valence-electron chi connectivity index (χ0n) is 17.6. The van der Waals surface area contributed by atoms with Crippen LogP contribution in [0.15, 0.2) is 18.2 Å². The third-order valence-corrected chi connectivity index (χ3v) is 5.36. The van der Waals surface area contributed by atoms with Gasteiger partial charge in [0.2, 0.25) is 5.91 Å². The van der Waals surface area contributed by atoms with E-state index < -0.39 is 11.7 Å². The fraction of sp³-hybridized carbons (Fsp3) is 0.636. The number of carbonyl (C=O) groups is 1. The number of rotatable bonds is 10. The molecule has 30 heavy (non-hydrogen) atoms. The van der Waals surface area contributed by atoms with Crippen LogP contribution in [0.1, 0.15) is 38.3 Å². The molecular formula is C22H30N2O6. The normalized spacial score (nSPS) is 22.5. The average molecular weight is 418 g/mol. The predicted molar refractivity (Wildman–Crippen MR) is 110 cm³/mol. The van der Waals surface area contributed by atoms with Crippen LogP contribution in [0.3, 0.4) is 0 Å². The summed E-state index contributed by atoms with van der Waals surface area (Å²) in [6.07, 6.45) is 0.944. The fourth-order valence-corrected chi connectivity index (χ4v) is 4.02. The van der Waals surface area contributed by atoms with Crippen molar-refractivity contribution in [3.63, 3.8) is 0 Å². The predicted octanol–water partition coefficient (Wildman–Crippen LogP) is 2.48. The maximum Gasteiger partial charge on any atom is 0.223 e. The molecule has 0 bridgehead atoms. The second kappa shape index (κ2) is 10.2. The first-order chi connectivity index (χ1) is 14.5. The molecular weight excluding hydrogens is 388 g/mol. The molecule has 2 aliphatic rings. The van der Waals surface area contributed by atoms with Crippen LogP contribution in [-0.4, -0.2) is 73.8 Å². The van der Waals surface area contributed by atoms with E-state index in [1.807, 2.05) is 24.8 Å². The second-order valence-corrected chi connectivity index (χ2v) is 7.91. The molecule has 1 N–H and O–H groups in total. The lowest BCUT2D eigenvalue weighted by molar-refractivity contribution is -0.151. The maximum atomic E-state index is 12.6. The van der Waals surface area contributed by atoms with E-state index in [-0.39, 0.29) is 18.6 Å². The second-order valence-electron chi connectivity index (χ2n) is 7.91. The van der Waals surface area contributed by atoms with Crippen molar-refractivity contribution in [3.05, 3.63) is 35.2 Å². The Morgan fingerprint density at radius 3 is 2.63 bits per heavy atom. The Kier molecular flexibility index (Phi) is 7.67. The summed E-state index contributed by atoms with van der Waals surface area (Å²) in [6.45, 7) is 13.8. The molecule has 3 rings (SSSR count). The van der Waals surface area contributed by atoms with Gasteiger partial charge < -0.3 is 29.0 Å². The van der Waals surface area contributed by atoms with Crippen LogP contribution >= 0.6 is 0 Å². The number of ether oxygens (including phenoxy) is 4. The number of carbonyl (C=O) groups excluding carboxylic acids is 1. The van der Waals surface area contributed by atoms with Gasteiger partial charge in [-0.15, -0.1) is 0 Å². The van der Waals surface area contributed by atoms with Crippen molar-refractivity contribution in [2.75, 3.05) is 46.2 Å². The van der Waals surface area contributed by atoms with Gasteiger partial charge in [0, 0.05) is 18.5 Å². The van der Waals surface area contributed by atoms with Crippen molar-refractivity contribution >= 4 is 11.6 Å². The molecule has 0 spiro atoms. The lowest BCUT2D eigenvalue weighted by atomic mass is 9.85. The number of likely N-dealkylation sites (tertiary alicyclic amines) is 1. The number of benzene rings is 1. The van der Waals surface area contributed by atoms with E-state index in [4.69, 9.17) is 30.6 Å². The molecule has 0 radical (unpaired) electrons. The van der Waals surface area contributed by atoms with Gasteiger partial charge in [0.05, 0.1) is 52.3 Å². The Morgan fingerprint density at radius 2 is 1.97 bits per heavy atom. The van der Waals surface area contributed by atoms with Gasteiger partial charge in [-0.25, -0.2) is 4.85 Å². The van der Waals surface area contributed by atoms with E-state index in [9.17, 15) is 4.79 Å². The fourth-order valence-electron chi connectivity index (χ4n) is 4.02. The molecule has 8 nitrogen and oxygen atoms in total. The minimum atomic E-state index is -0.662. The first kappa shape index (κ1) is 22.5. The van der Waals surface area contributed by atoms with E-state index in [1.54, 1.807) is 12.1 Å². The lowest BCUT2D eigenvalue weighted by Crippen LogP contribution is -2.55. The number of hydrogen-bond acceptors (Lipinski definition) is 6. The zero-order chi connectivity index (χ0) is 21.6. The molecule has 0 aromatic heterocycles.